The first-order valence-electron chi connectivity index (χ1n) is 8.84. The van der Waals surface area contributed by atoms with E-state index in [0.717, 1.165) is 0 Å². The number of esters is 4. The highest BCUT2D eigenvalue weighted by Gasteiger charge is 2.26. The number of carbonyl (C=O) groups is 4. The lowest BCUT2D eigenvalue weighted by Gasteiger charge is -2.12. The lowest BCUT2D eigenvalue weighted by molar-refractivity contribution is -0.140. The van der Waals surface area contributed by atoms with Gasteiger partial charge in [-0.25, -0.2) is 19.2 Å². The van der Waals surface area contributed by atoms with Gasteiger partial charge in [-0.1, -0.05) is 12.1 Å². The summed E-state index contributed by atoms with van der Waals surface area (Å²) in [6, 6.07) is 3.40. The standard InChI is InChI=1S/C18H26N4O6/c19-9-3-7-13(21)17(25)27-15(23)11-5-1-2-6-12(11)16(24)28-18(26)14(22)8-4-10-20/h1-2,5-6,13-14H,3-4,7-10,19-22H2/t13-,14-/m0/s1. The van der Waals surface area contributed by atoms with Gasteiger partial charge in [0.05, 0.1) is 11.1 Å². The Morgan fingerprint density at radius 1 is 0.750 bits per heavy atom. The van der Waals surface area contributed by atoms with Crippen molar-refractivity contribution in [3.05, 3.63) is 35.4 Å². The van der Waals surface area contributed by atoms with E-state index in [1.807, 2.05) is 0 Å². The molecule has 0 aromatic heterocycles. The molecule has 10 heteroatoms. The Bertz CT molecular complexity index is 650. The van der Waals surface area contributed by atoms with Crippen LogP contribution in [0.2, 0.25) is 0 Å². The minimum atomic E-state index is -1.08. The third-order valence-corrected chi connectivity index (χ3v) is 3.80. The second kappa shape index (κ2) is 11.9. The Balaban J connectivity index is 2.83. The van der Waals surface area contributed by atoms with E-state index in [-0.39, 0.29) is 24.0 Å². The SMILES string of the molecule is NCCC[C@H](N)C(=O)OC(=O)c1ccccc1C(=O)OC(=O)[C@@H](N)CCCN. The molecule has 0 aliphatic rings. The molecule has 1 aromatic rings. The molecule has 0 radical (unpaired) electrons. The van der Waals surface area contributed by atoms with E-state index in [4.69, 9.17) is 32.4 Å². The third-order valence-electron chi connectivity index (χ3n) is 3.80. The predicted octanol–water partition coefficient (Wildman–Crippen LogP) is -0.814. The van der Waals surface area contributed by atoms with Crippen LogP contribution in [0.15, 0.2) is 24.3 Å². The van der Waals surface area contributed by atoms with Gasteiger partial charge in [0.1, 0.15) is 12.1 Å². The molecule has 0 unspecified atom stereocenters. The maximum absolute atomic E-state index is 12.3. The van der Waals surface area contributed by atoms with Gasteiger partial charge in [-0.05, 0) is 50.9 Å². The van der Waals surface area contributed by atoms with Crippen LogP contribution in [0, 0.1) is 0 Å². The number of carbonyl (C=O) groups excluding carboxylic acids is 4. The zero-order valence-corrected chi connectivity index (χ0v) is 15.5. The van der Waals surface area contributed by atoms with E-state index in [0.29, 0.717) is 25.9 Å². The first-order chi connectivity index (χ1) is 13.3. The molecular weight excluding hydrogens is 368 g/mol. The fourth-order valence-corrected chi connectivity index (χ4v) is 2.19. The van der Waals surface area contributed by atoms with Gasteiger partial charge in [0.2, 0.25) is 0 Å². The predicted molar refractivity (Wildman–Crippen MR) is 99.8 cm³/mol. The van der Waals surface area contributed by atoms with E-state index in [1.54, 1.807) is 0 Å². The zero-order chi connectivity index (χ0) is 21.1. The number of hydrogen-bond acceptors (Lipinski definition) is 10. The van der Waals surface area contributed by atoms with Crippen molar-refractivity contribution in [1.82, 2.24) is 0 Å². The van der Waals surface area contributed by atoms with Crippen LogP contribution in [-0.4, -0.2) is 49.1 Å². The molecule has 0 spiro atoms. The fraction of sp³-hybridized carbons (Fsp3) is 0.444. The average Bonchev–Trinajstić information content (AvgIpc) is 2.69. The summed E-state index contributed by atoms with van der Waals surface area (Å²) in [5.41, 5.74) is 21.5. The number of hydrogen-bond donors (Lipinski definition) is 4. The van der Waals surface area contributed by atoms with Crippen LogP contribution in [0.3, 0.4) is 0 Å². The number of rotatable bonds is 10. The maximum atomic E-state index is 12.3. The summed E-state index contributed by atoms with van der Waals surface area (Å²) in [4.78, 5) is 48.3. The van der Waals surface area contributed by atoms with Gasteiger partial charge >= 0.3 is 23.9 Å². The van der Waals surface area contributed by atoms with Crippen molar-refractivity contribution >= 4 is 23.9 Å². The van der Waals surface area contributed by atoms with Crippen molar-refractivity contribution < 1.29 is 28.7 Å². The van der Waals surface area contributed by atoms with Crippen LogP contribution in [0.4, 0.5) is 0 Å². The zero-order valence-electron chi connectivity index (χ0n) is 15.5. The molecule has 0 aliphatic carbocycles. The highest BCUT2D eigenvalue weighted by atomic mass is 16.6. The normalized spacial score (nSPS) is 12.7. The van der Waals surface area contributed by atoms with Crippen LogP contribution in [0.5, 0.6) is 0 Å². The molecule has 0 heterocycles. The lowest BCUT2D eigenvalue weighted by Crippen LogP contribution is -2.35. The van der Waals surface area contributed by atoms with Gasteiger partial charge in [-0.15, -0.1) is 0 Å². The van der Waals surface area contributed by atoms with Gasteiger partial charge < -0.3 is 32.4 Å². The molecule has 0 bridgehead atoms. The van der Waals surface area contributed by atoms with Crippen LogP contribution < -0.4 is 22.9 Å². The monoisotopic (exact) mass is 394 g/mol. The fourth-order valence-electron chi connectivity index (χ4n) is 2.19. The first-order valence-corrected chi connectivity index (χ1v) is 8.84. The summed E-state index contributed by atoms with van der Waals surface area (Å²) < 4.78 is 9.43. The van der Waals surface area contributed by atoms with Crippen LogP contribution in [-0.2, 0) is 19.1 Å². The minimum absolute atomic E-state index is 0.241. The summed E-state index contributed by atoms with van der Waals surface area (Å²) in [5.74, 6) is -4.05. The Labute approximate surface area is 162 Å². The Morgan fingerprint density at radius 3 is 1.43 bits per heavy atom. The molecule has 154 valence electrons. The summed E-state index contributed by atoms with van der Waals surface area (Å²) in [5, 5.41) is 0. The molecule has 0 saturated heterocycles. The minimum Gasteiger partial charge on any atom is -0.388 e. The molecule has 0 aliphatic heterocycles. The third kappa shape index (κ3) is 7.16. The van der Waals surface area contributed by atoms with Crippen molar-refractivity contribution in [1.29, 1.82) is 0 Å². The summed E-state index contributed by atoms with van der Waals surface area (Å²) in [6.07, 6.45) is 1.47. The summed E-state index contributed by atoms with van der Waals surface area (Å²) in [7, 11) is 0. The largest absolute Gasteiger partial charge is 0.388 e. The van der Waals surface area contributed by atoms with Crippen LogP contribution in [0.25, 0.3) is 0 Å². The van der Waals surface area contributed by atoms with Crippen LogP contribution in [0.1, 0.15) is 46.4 Å². The number of benzene rings is 1. The van der Waals surface area contributed by atoms with E-state index in [9.17, 15) is 19.2 Å². The smallest absolute Gasteiger partial charge is 0.346 e. The molecule has 0 fully saturated rings. The average molecular weight is 394 g/mol. The second-order valence-corrected chi connectivity index (χ2v) is 6.04. The molecule has 0 amide bonds. The topological polar surface area (TPSA) is 191 Å². The van der Waals surface area contributed by atoms with Gasteiger partial charge in [0, 0.05) is 0 Å². The highest BCUT2D eigenvalue weighted by molar-refractivity contribution is 6.08. The lowest BCUT2D eigenvalue weighted by atomic mass is 10.1. The molecule has 0 saturated carbocycles. The molecule has 10 nitrogen and oxygen atoms in total. The van der Waals surface area contributed by atoms with Gasteiger partial charge in [0.25, 0.3) is 0 Å². The molecule has 8 N–H and O–H groups in total. The molecule has 1 aromatic carbocycles. The van der Waals surface area contributed by atoms with Crippen molar-refractivity contribution in [3.63, 3.8) is 0 Å². The van der Waals surface area contributed by atoms with E-state index < -0.39 is 36.0 Å². The van der Waals surface area contributed by atoms with Crippen molar-refractivity contribution in [2.45, 2.75) is 37.8 Å². The Kier molecular flexibility index (Phi) is 9.96. The van der Waals surface area contributed by atoms with Gasteiger partial charge in [-0.2, -0.15) is 0 Å². The highest BCUT2D eigenvalue weighted by Crippen LogP contribution is 2.13. The van der Waals surface area contributed by atoms with E-state index in [2.05, 4.69) is 0 Å². The van der Waals surface area contributed by atoms with Gasteiger partial charge in [0.15, 0.2) is 0 Å². The quantitative estimate of drug-likeness (QED) is 0.288. The number of nitrogens with two attached hydrogens (primary N) is 4. The Hall–Kier alpha value is -2.66. The van der Waals surface area contributed by atoms with Crippen molar-refractivity contribution in [2.24, 2.45) is 22.9 Å². The maximum Gasteiger partial charge on any atom is 0.346 e. The summed E-state index contributed by atoms with van der Waals surface area (Å²) in [6.45, 7) is 0.677. The van der Waals surface area contributed by atoms with Gasteiger partial charge in [-0.3, -0.25) is 0 Å². The van der Waals surface area contributed by atoms with E-state index in [1.165, 1.54) is 24.3 Å². The summed E-state index contributed by atoms with van der Waals surface area (Å²) >= 11 is 0. The van der Waals surface area contributed by atoms with E-state index >= 15 is 0 Å². The molecule has 2 atom stereocenters. The molecule has 28 heavy (non-hydrogen) atoms. The van der Waals surface area contributed by atoms with Crippen molar-refractivity contribution in [3.8, 4) is 0 Å². The molecule has 1 rings (SSSR count). The second-order valence-electron chi connectivity index (χ2n) is 6.04. The number of ether oxygens (including phenoxy) is 2. The van der Waals surface area contributed by atoms with Crippen molar-refractivity contribution in [2.75, 3.05) is 13.1 Å². The van der Waals surface area contributed by atoms with Crippen LogP contribution >= 0.6 is 0 Å². The molecular formula is C18H26N4O6. The Morgan fingerprint density at radius 2 is 1.11 bits per heavy atom. The first kappa shape index (κ1) is 23.4.